The number of fused-ring (bicyclic) bond motifs is 1. The SMILES string of the molecule is CCCCN(CCCC)CCCOc1ccc(C(=O)c2c(CC)oc3ccc([N+](=O)[O-])cc23)cc1. The number of aryl methyl sites for hydroxylation is 1. The first-order valence-corrected chi connectivity index (χ1v) is 12.7. The second kappa shape index (κ2) is 13.0. The highest BCUT2D eigenvalue weighted by Crippen LogP contribution is 2.31. The Bertz CT molecular complexity index is 1110. The summed E-state index contributed by atoms with van der Waals surface area (Å²) in [7, 11) is 0. The van der Waals surface area contributed by atoms with E-state index >= 15 is 0 Å². The maximum atomic E-state index is 13.3. The average molecular weight is 481 g/mol. The van der Waals surface area contributed by atoms with Gasteiger partial charge in [-0.25, -0.2) is 0 Å². The number of nitro groups is 1. The minimum absolute atomic E-state index is 0.0679. The van der Waals surface area contributed by atoms with Gasteiger partial charge in [-0.15, -0.1) is 0 Å². The lowest BCUT2D eigenvalue weighted by Gasteiger charge is -2.21. The highest BCUT2D eigenvalue weighted by atomic mass is 16.6. The van der Waals surface area contributed by atoms with Gasteiger partial charge in [-0.05, 0) is 62.7 Å². The van der Waals surface area contributed by atoms with Gasteiger partial charge in [0.25, 0.3) is 5.69 Å². The largest absolute Gasteiger partial charge is 0.494 e. The van der Waals surface area contributed by atoms with Crippen molar-refractivity contribution >= 4 is 22.4 Å². The molecule has 0 unspecified atom stereocenters. The molecule has 2 aromatic carbocycles. The Morgan fingerprint density at radius 3 is 2.23 bits per heavy atom. The van der Waals surface area contributed by atoms with Crippen LogP contribution < -0.4 is 4.74 Å². The van der Waals surface area contributed by atoms with E-state index < -0.39 is 4.92 Å². The van der Waals surface area contributed by atoms with Crippen LogP contribution in [0.15, 0.2) is 46.9 Å². The minimum atomic E-state index is -0.467. The van der Waals surface area contributed by atoms with Crippen molar-refractivity contribution in [2.45, 2.75) is 59.3 Å². The number of carbonyl (C=O) groups excluding carboxylic acids is 1. The monoisotopic (exact) mass is 480 g/mol. The molecule has 0 bridgehead atoms. The third-order valence-corrected chi connectivity index (χ3v) is 6.16. The number of furan rings is 1. The lowest BCUT2D eigenvalue weighted by atomic mass is 9.99. The van der Waals surface area contributed by atoms with Crippen molar-refractivity contribution in [3.63, 3.8) is 0 Å². The number of nitro benzene ring substituents is 1. The summed E-state index contributed by atoms with van der Waals surface area (Å²) < 4.78 is 11.7. The molecule has 3 rings (SSSR count). The van der Waals surface area contributed by atoms with E-state index in [2.05, 4.69) is 18.7 Å². The molecule has 0 radical (unpaired) electrons. The van der Waals surface area contributed by atoms with E-state index in [-0.39, 0.29) is 11.5 Å². The van der Waals surface area contributed by atoms with Gasteiger partial charge in [0.2, 0.25) is 0 Å². The molecule has 0 atom stereocenters. The maximum absolute atomic E-state index is 13.3. The molecular weight excluding hydrogens is 444 g/mol. The molecule has 7 heteroatoms. The van der Waals surface area contributed by atoms with Gasteiger partial charge in [0.15, 0.2) is 5.78 Å². The van der Waals surface area contributed by atoms with Crippen molar-refractivity contribution in [2.75, 3.05) is 26.2 Å². The highest BCUT2D eigenvalue weighted by molar-refractivity contribution is 6.17. The first kappa shape index (κ1) is 26.4. The van der Waals surface area contributed by atoms with Crippen LogP contribution in [0.25, 0.3) is 11.0 Å². The van der Waals surface area contributed by atoms with Crippen molar-refractivity contribution < 1.29 is 18.9 Å². The molecule has 1 heterocycles. The summed E-state index contributed by atoms with van der Waals surface area (Å²) in [5, 5.41) is 11.7. The van der Waals surface area contributed by atoms with Crippen molar-refractivity contribution in [3.8, 4) is 5.75 Å². The van der Waals surface area contributed by atoms with Crippen LogP contribution in [-0.2, 0) is 6.42 Å². The van der Waals surface area contributed by atoms with E-state index in [4.69, 9.17) is 9.15 Å². The summed E-state index contributed by atoms with van der Waals surface area (Å²) in [6, 6.07) is 11.4. The van der Waals surface area contributed by atoms with E-state index in [1.54, 1.807) is 30.3 Å². The van der Waals surface area contributed by atoms with Crippen LogP contribution in [0.3, 0.4) is 0 Å². The van der Waals surface area contributed by atoms with Crippen LogP contribution in [0.2, 0.25) is 0 Å². The Kier molecular flexibility index (Phi) is 9.85. The van der Waals surface area contributed by atoms with Crippen LogP contribution in [0, 0.1) is 10.1 Å². The van der Waals surface area contributed by atoms with Crippen LogP contribution >= 0.6 is 0 Å². The Balaban J connectivity index is 1.64. The van der Waals surface area contributed by atoms with E-state index in [1.165, 1.54) is 37.8 Å². The standard InChI is InChI=1S/C28H36N2O5/c1-4-7-16-29(17-8-5-2)18-9-19-34-23-13-10-21(11-14-23)28(31)27-24-20-22(30(32)33)12-15-26(24)35-25(27)6-3/h10-15,20H,4-9,16-19H2,1-3H3. The molecule has 3 aromatic rings. The molecule has 1 aromatic heterocycles. The van der Waals surface area contributed by atoms with Gasteiger partial charge >= 0.3 is 0 Å². The van der Waals surface area contributed by atoms with Crippen molar-refractivity contribution in [2.24, 2.45) is 0 Å². The summed E-state index contributed by atoms with van der Waals surface area (Å²) >= 11 is 0. The van der Waals surface area contributed by atoms with Crippen LogP contribution in [-0.4, -0.2) is 41.8 Å². The number of non-ortho nitro benzene ring substituents is 1. The third kappa shape index (κ3) is 6.92. The van der Waals surface area contributed by atoms with Crippen molar-refractivity contribution in [3.05, 3.63) is 69.5 Å². The second-order valence-corrected chi connectivity index (χ2v) is 8.80. The Morgan fingerprint density at radius 2 is 1.63 bits per heavy atom. The minimum Gasteiger partial charge on any atom is -0.494 e. The number of hydrogen-bond acceptors (Lipinski definition) is 6. The molecule has 188 valence electrons. The zero-order valence-corrected chi connectivity index (χ0v) is 21.0. The summed E-state index contributed by atoms with van der Waals surface area (Å²) in [5.41, 5.74) is 1.29. The quantitative estimate of drug-likeness (QED) is 0.103. The van der Waals surface area contributed by atoms with E-state index in [0.717, 1.165) is 31.8 Å². The maximum Gasteiger partial charge on any atom is 0.270 e. The second-order valence-electron chi connectivity index (χ2n) is 8.80. The van der Waals surface area contributed by atoms with E-state index in [0.29, 0.717) is 40.9 Å². The Morgan fingerprint density at radius 1 is 0.971 bits per heavy atom. The van der Waals surface area contributed by atoms with Crippen LogP contribution in [0.1, 0.15) is 74.6 Å². The summed E-state index contributed by atoms with van der Waals surface area (Å²) in [5.74, 6) is 1.04. The number of nitrogens with zero attached hydrogens (tertiary/aromatic N) is 2. The van der Waals surface area contributed by atoms with Gasteiger partial charge in [-0.1, -0.05) is 33.6 Å². The number of ether oxygens (including phenoxy) is 1. The first-order valence-electron chi connectivity index (χ1n) is 12.7. The predicted octanol–water partition coefficient (Wildman–Crippen LogP) is 6.81. The molecule has 35 heavy (non-hydrogen) atoms. The fourth-order valence-electron chi connectivity index (χ4n) is 4.17. The lowest BCUT2D eigenvalue weighted by molar-refractivity contribution is -0.384. The number of hydrogen-bond donors (Lipinski definition) is 0. The molecule has 0 spiro atoms. The zero-order chi connectivity index (χ0) is 25.2. The highest BCUT2D eigenvalue weighted by Gasteiger charge is 2.23. The van der Waals surface area contributed by atoms with Gasteiger partial charge in [0.05, 0.1) is 17.1 Å². The number of unbranched alkanes of at least 4 members (excludes halogenated alkanes) is 2. The zero-order valence-electron chi connectivity index (χ0n) is 21.0. The lowest BCUT2D eigenvalue weighted by Crippen LogP contribution is -2.28. The number of carbonyl (C=O) groups is 1. The van der Waals surface area contributed by atoms with Crippen LogP contribution in [0.5, 0.6) is 5.75 Å². The molecule has 0 aliphatic rings. The van der Waals surface area contributed by atoms with Gasteiger partial charge in [-0.3, -0.25) is 14.9 Å². The van der Waals surface area contributed by atoms with Gasteiger partial charge < -0.3 is 14.1 Å². The van der Waals surface area contributed by atoms with Crippen molar-refractivity contribution in [1.82, 2.24) is 4.90 Å². The normalized spacial score (nSPS) is 11.3. The molecule has 7 nitrogen and oxygen atoms in total. The molecule has 0 saturated heterocycles. The molecule has 0 fully saturated rings. The van der Waals surface area contributed by atoms with Crippen LogP contribution in [0.4, 0.5) is 5.69 Å². The van der Waals surface area contributed by atoms with Gasteiger partial charge in [-0.2, -0.15) is 0 Å². The van der Waals surface area contributed by atoms with Gasteiger partial charge in [0, 0.05) is 36.0 Å². The number of ketones is 1. The topological polar surface area (TPSA) is 85.8 Å². The Hall–Kier alpha value is -3.19. The molecule has 0 saturated carbocycles. The average Bonchev–Trinajstić information content (AvgIpc) is 3.25. The van der Waals surface area contributed by atoms with Gasteiger partial charge in [0.1, 0.15) is 17.1 Å². The number of benzene rings is 2. The van der Waals surface area contributed by atoms with Crippen molar-refractivity contribution in [1.29, 1.82) is 0 Å². The predicted molar refractivity (Wildman–Crippen MR) is 138 cm³/mol. The number of rotatable bonds is 15. The molecule has 0 aliphatic carbocycles. The Labute approximate surface area is 207 Å². The smallest absolute Gasteiger partial charge is 0.270 e. The molecule has 0 N–H and O–H groups in total. The fraction of sp³-hybridized carbons (Fsp3) is 0.464. The van der Waals surface area contributed by atoms with E-state index in [1.807, 2.05) is 6.92 Å². The fourth-order valence-corrected chi connectivity index (χ4v) is 4.17. The molecule has 0 aliphatic heterocycles. The third-order valence-electron chi connectivity index (χ3n) is 6.16. The summed E-state index contributed by atoms with van der Waals surface area (Å²) in [6.07, 6.45) is 6.31. The summed E-state index contributed by atoms with van der Waals surface area (Å²) in [4.78, 5) is 26.6. The van der Waals surface area contributed by atoms with E-state index in [9.17, 15) is 14.9 Å². The first-order chi connectivity index (χ1) is 17.0. The molecular formula is C28H36N2O5. The molecule has 0 amide bonds. The summed E-state index contributed by atoms with van der Waals surface area (Å²) in [6.45, 7) is 10.3.